The zero-order valence-corrected chi connectivity index (χ0v) is 11.9. The average Bonchev–Trinajstić information content (AvgIpc) is 3.31. The van der Waals surface area contributed by atoms with Crippen molar-refractivity contribution >= 4 is 0 Å². The highest BCUT2D eigenvalue weighted by Gasteiger charge is 2.22. The summed E-state index contributed by atoms with van der Waals surface area (Å²) >= 11 is 0. The van der Waals surface area contributed by atoms with Gasteiger partial charge in [-0.3, -0.25) is 0 Å². The Morgan fingerprint density at radius 2 is 1.71 bits per heavy atom. The molecule has 1 aliphatic rings. The van der Waals surface area contributed by atoms with Crippen LogP contribution in [0.25, 0.3) is 0 Å². The number of phenolic OH excluding ortho intramolecular Hbond substituents is 1. The van der Waals surface area contributed by atoms with Crippen LogP contribution in [0.5, 0.6) is 5.75 Å². The van der Waals surface area contributed by atoms with Crippen molar-refractivity contribution < 1.29 is 9.50 Å². The van der Waals surface area contributed by atoms with E-state index in [0.29, 0.717) is 12.0 Å². The highest BCUT2D eigenvalue weighted by atomic mass is 19.1. The topological polar surface area (TPSA) is 32.3 Å². The molecule has 3 heteroatoms. The summed E-state index contributed by atoms with van der Waals surface area (Å²) < 4.78 is 13.1. The van der Waals surface area contributed by atoms with E-state index >= 15 is 0 Å². The Hall–Kier alpha value is -1.87. The van der Waals surface area contributed by atoms with Gasteiger partial charge in [0.25, 0.3) is 0 Å². The van der Waals surface area contributed by atoms with Gasteiger partial charge in [-0.1, -0.05) is 24.3 Å². The van der Waals surface area contributed by atoms with E-state index in [1.54, 1.807) is 12.1 Å². The van der Waals surface area contributed by atoms with Gasteiger partial charge in [0, 0.05) is 18.5 Å². The predicted octanol–water partition coefficient (Wildman–Crippen LogP) is 3.61. The SMILES string of the molecule is Oc1ccc(CC(CNC2CC2)c2ccc(F)cc2)cc1. The first-order valence-corrected chi connectivity index (χ1v) is 7.47. The second-order valence-electron chi connectivity index (χ2n) is 5.80. The lowest BCUT2D eigenvalue weighted by Crippen LogP contribution is -2.24. The van der Waals surface area contributed by atoms with Crippen molar-refractivity contribution in [2.75, 3.05) is 6.54 Å². The van der Waals surface area contributed by atoms with Gasteiger partial charge in [-0.25, -0.2) is 4.39 Å². The van der Waals surface area contributed by atoms with Crippen LogP contribution in [0.1, 0.15) is 29.9 Å². The summed E-state index contributed by atoms with van der Waals surface area (Å²) in [6, 6.07) is 14.8. The third-order valence-electron chi connectivity index (χ3n) is 3.99. The molecule has 1 atom stereocenters. The van der Waals surface area contributed by atoms with Crippen molar-refractivity contribution in [1.29, 1.82) is 0 Å². The van der Waals surface area contributed by atoms with Crippen molar-refractivity contribution in [3.8, 4) is 5.75 Å². The summed E-state index contributed by atoms with van der Waals surface area (Å²) in [6.45, 7) is 0.900. The van der Waals surface area contributed by atoms with Gasteiger partial charge in [0.2, 0.25) is 0 Å². The molecule has 0 aliphatic heterocycles. The Balaban J connectivity index is 1.73. The van der Waals surface area contributed by atoms with E-state index in [9.17, 15) is 9.50 Å². The maximum atomic E-state index is 13.1. The molecule has 1 fully saturated rings. The Morgan fingerprint density at radius 1 is 1.05 bits per heavy atom. The number of nitrogens with one attached hydrogen (secondary N) is 1. The van der Waals surface area contributed by atoms with Crippen molar-refractivity contribution in [3.05, 3.63) is 65.5 Å². The summed E-state index contributed by atoms with van der Waals surface area (Å²) in [4.78, 5) is 0. The second-order valence-corrected chi connectivity index (χ2v) is 5.80. The quantitative estimate of drug-likeness (QED) is 0.850. The molecular weight excluding hydrogens is 265 g/mol. The molecule has 0 spiro atoms. The molecule has 0 heterocycles. The molecule has 0 amide bonds. The molecule has 1 unspecified atom stereocenters. The fraction of sp³-hybridized carbons (Fsp3) is 0.333. The van der Waals surface area contributed by atoms with E-state index in [2.05, 4.69) is 5.32 Å². The number of benzene rings is 2. The van der Waals surface area contributed by atoms with Crippen molar-refractivity contribution in [3.63, 3.8) is 0 Å². The van der Waals surface area contributed by atoms with Crippen LogP contribution in [-0.4, -0.2) is 17.7 Å². The molecule has 0 bridgehead atoms. The Bertz CT molecular complexity index is 575. The lowest BCUT2D eigenvalue weighted by molar-refractivity contribution is 0.475. The van der Waals surface area contributed by atoms with Crippen LogP contribution in [0, 0.1) is 5.82 Å². The second kappa shape index (κ2) is 6.27. The molecule has 3 rings (SSSR count). The van der Waals surface area contributed by atoms with E-state index in [1.165, 1.54) is 30.5 Å². The Morgan fingerprint density at radius 3 is 2.33 bits per heavy atom. The number of hydrogen-bond donors (Lipinski definition) is 2. The standard InChI is InChI=1S/C18H20FNO/c19-16-5-3-14(4-6-16)15(12-20-17-7-8-17)11-13-1-9-18(21)10-2-13/h1-6,9-10,15,17,20-21H,7-8,11-12H2. The van der Waals surface area contributed by atoms with E-state index in [1.807, 2.05) is 24.3 Å². The fourth-order valence-corrected chi connectivity index (χ4v) is 2.56. The first kappa shape index (κ1) is 14.1. The summed E-state index contributed by atoms with van der Waals surface area (Å²) in [5.74, 6) is 0.404. The van der Waals surface area contributed by atoms with Gasteiger partial charge in [-0.15, -0.1) is 0 Å². The fourth-order valence-electron chi connectivity index (χ4n) is 2.56. The summed E-state index contributed by atoms with van der Waals surface area (Å²) in [6.07, 6.45) is 3.40. The molecule has 1 saturated carbocycles. The van der Waals surface area contributed by atoms with Crippen LogP contribution in [-0.2, 0) is 6.42 Å². The smallest absolute Gasteiger partial charge is 0.123 e. The van der Waals surface area contributed by atoms with Crippen LogP contribution in [0.4, 0.5) is 4.39 Å². The number of aromatic hydroxyl groups is 1. The lowest BCUT2D eigenvalue weighted by Gasteiger charge is -2.18. The maximum Gasteiger partial charge on any atom is 0.123 e. The number of phenols is 1. The van der Waals surface area contributed by atoms with Crippen LogP contribution >= 0.6 is 0 Å². The third kappa shape index (κ3) is 4.05. The highest BCUT2D eigenvalue weighted by molar-refractivity contribution is 5.29. The molecule has 1 aliphatic carbocycles. The largest absolute Gasteiger partial charge is 0.508 e. The molecule has 0 aromatic heterocycles. The van der Waals surface area contributed by atoms with Crippen molar-refractivity contribution in [1.82, 2.24) is 5.32 Å². The van der Waals surface area contributed by atoms with Gasteiger partial charge < -0.3 is 10.4 Å². The first-order chi connectivity index (χ1) is 10.2. The zero-order chi connectivity index (χ0) is 14.7. The van der Waals surface area contributed by atoms with E-state index in [-0.39, 0.29) is 11.6 Å². The first-order valence-electron chi connectivity index (χ1n) is 7.47. The molecule has 2 nitrogen and oxygen atoms in total. The van der Waals surface area contributed by atoms with Gasteiger partial charge in [0.15, 0.2) is 0 Å². The van der Waals surface area contributed by atoms with Crippen molar-refractivity contribution in [2.24, 2.45) is 0 Å². The summed E-state index contributed by atoms with van der Waals surface area (Å²) in [5, 5.41) is 12.9. The van der Waals surface area contributed by atoms with E-state index in [4.69, 9.17) is 0 Å². The Labute approximate surface area is 124 Å². The maximum absolute atomic E-state index is 13.1. The van der Waals surface area contributed by atoms with Crippen LogP contribution in [0.15, 0.2) is 48.5 Å². The van der Waals surface area contributed by atoms with Gasteiger partial charge in [0.05, 0.1) is 0 Å². The van der Waals surface area contributed by atoms with Gasteiger partial charge in [-0.05, 0) is 54.7 Å². The molecule has 2 aromatic carbocycles. The summed E-state index contributed by atoms with van der Waals surface area (Å²) in [5.41, 5.74) is 2.33. The number of halogens is 1. The van der Waals surface area contributed by atoms with Crippen LogP contribution in [0.2, 0.25) is 0 Å². The van der Waals surface area contributed by atoms with Crippen LogP contribution < -0.4 is 5.32 Å². The van der Waals surface area contributed by atoms with Crippen LogP contribution in [0.3, 0.4) is 0 Å². The molecule has 21 heavy (non-hydrogen) atoms. The Kier molecular flexibility index (Phi) is 4.20. The molecule has 0 radical (unpaired) electrons. The van der Waals surface area contributed by atoms with Crippen molar-refractivity contribution in [2.45, 2.75) is 31.2 Å². The molecule has 2 N–H and O–H groups in total. The van der Waals surface area contributed by atoms with Gasteiger partial charge in [0.1, 0.15) is 11.6 Å². The normalized spacial score (nSPS) is 15.9. The van der Waals surface area contributed by atoms with Gasteiger partial charge >= 0.3 is 0 Å². The predicted molar refractivity (Wildman–Crippen MR) is 82.0 cm³/mol. The van der Waals surface area contributed by atoms with E-state index < -0.39 is 0 Å². The number of hydrogen-bond acceptors (Lipinski definition) is 2. The minimum atomic E-state index is -0.197. The van der Waals surface area contributed by atoms with E-state index in [0.717, 1.165) is 18.5 Å². The minimum absolute atomic E-state index is 0.197. The average molecular weight is 285 g/mol. The lowest BCUT2D eigenvalue weighted by atomic mass is 9.91. The number of rotatable bonds is 6. The monoisotopic (exact) mass is 285 g/mol. The zero-order valence-electron chi connectivity index (χ0n) is 11.9. The molecule has 2 aromatic rings. The third-order valence-corrected chi connectivity index (χ3v) is 3.99. The highest BCUT2D eigenvalue weighted by Crippen LogP contribution is 2.25. The summed E-state index contributed by atoms with van der Waals surface area (Å²) in [7, 11) is 0. The molecule has 0 saturated heterocycles. The van der Waals surface area contributed by atoms with Gasteiger partial charge in [-0.2, -0.15) is 0 Å². The minimum Gasteiger partial charge on any atom is -0.508 e. The molecular formula is C18H20FNO. The molecule has 110 valence electrons.